The number of hydrogen-bond donors (Lipinski definition) is 0. The average Bonchev–Trinajstić information content (AvgIpc) is 3.19. The third-order valence-electron chi connectivity index (χ3n) is 5.18. The van der Waals surface area contributed by atoms with Crippen LogP contribution in [-0.4, -0.2) is 58.9 Å². The van der Waals surface area contributed by atoms with Crippen LogP contribution in [0.5, 0.6) is 5.88 Å². The predicted octanol–water partition coefficient (Wildman–Crippen LogP) is 3.84. The lowest BCUT2D eigenvalue weighted by Gasteiger charge is -2.35. The monoisotopic (exact) mass is 441 g/mol. The molecule has 31 heavy (non-hydrogen) atoms. The zero-order chi connectivity index (χ0) is 21.8. The molecule has 162 valence electrons. The lowest BCUT2D eigenvalue weighted by atomic mass is 10.0. The Kier molecular flexibility index (Phi) is 6.36. The van der Waals surface area contributed by atoms with Gasteiger partial charge in [0, 0.05) is 37.8 Å². The van der Waals surface area contributed by atoms with Gasteiger partial charge in [0.1, 0.15) is 17.0 Å². The van der Waals surface area contributed by atoms with Gasteiger partial charge in [0.15, 0.2) is 5.82 Å². The Morgan fingerprint density at radius 2 is 1.90 bits per heavy atom. The first-order valence-corrected chi connectivity index (χ1v) is 10.7. The summed E-state index contributed by atoms with van der Waals surface area (Å²) in [6, 6.07) is 11.0. The topological polar surface area (TPSA) is 84.6 Å². The van der Waals surface area contributed by atoms with Crippen LogP contribution in [0.3, 0.4) is 0 Å². The normalized spacial score (nSPS) is 14.0. The molecule has 0 radical (unpaired) electrons. The van der Waals surface area contributed by atoms with E-state index in [1.54, 1.807) is 13.0 Å². The van der Waals surface area contributed by atoms with Gasteiger partial charge in [-0.1, -0.05) is 41.9 Å². The molecule has 1 saturated heterocycles. The zero-order valence-corrected chi connectivity index (χ0v) is 18.3. The Bertz CT molecular complexity index is 1050. The lowest BCUT2D eigenvalue weighted by Crippen LogP contribution is -2.49. The van der Waals surface area contributed by atoms with E-state index < -0.39 is 0 Å². The molecule has 0 aliphatic carbocycles. The Balaban J connectivity index is 1.45. The molecule has 3 aromatic rings. The number of anilines is 1. The smallest absolute Gasteiger partial charge is 0.259 e. The van der Waals surface area contributed by atoms with Gasteiger partial charge in [0.2, 0.25) is 5.88 Å². The molecule has 9 heteroatoms. The molecule has 0 N–H and O–H groups in total. The molecule has 1 amide bonds. The minimum absolute atomic E-state index is 0.109. The number of halogens is 1. The van der Waals surface area contributed by atoms with Gasteiger partial charge in [-0.25, -0.2) is 0 Å². The van der Waals surface area contributed by atoms with Crippen LogP contribution in [-0.2, 0) is 0 Å². The van der Waals surface area contributed by atoms with Crippen molar-refractivity contribution in [2.45, 2.75) is 20.3 Å². The number of benzene rings is 1. The molecule has 2 aromatic heterocycles. The summed E-state index contributed by atoms with van der Waals surface area (Å²) in [6.45, 7) is 6.83. The van der Waals surface area contributed by atoms with Crippen LogP contribution >= 0.6 is 11.6 Å². The molecule has 3 heterocycles. The second kappa shape index (κ2) is 9.34. The van der Waals surface area contributed by atoms with Crippen LogP contribution in [0.2, 0.25) is 5.02 Å². The maximum absolute atomic E-state index is 13.3. The van der Waals surface area contributed by atoms with Gasteiger partial charge in [-0.05, 0) is 25.5 Å². The number of ether oxygens (including phenoxy) is 1. The van der Waals surface area contributed by atoms with Crippen molar-refractivity contribution >= 4 is 23.3 Å². The van der Waals surface area contributed by atoms with Gasteiger partial charge < -0.3 is 19.1 Å². The summed E-state index contributed by atoms with van der Waals surface area (Å²) in [7, 11) is 0. The number of hydrogen-bond acceptors (Lipinski definition) is 7. The maximum Gasteiger partial charge on any atom is 0.259 e. The minimum Gasteiger partial charge on any atom is -0.477 e. The summed E-state index contributed by atoms with van der Waals surface area (Å²) in [5.74, 6) is 1.67. The van der Waals surface area contributed by atoms with Crippen molar-refractivity contribution in [2.24, 2.45) is 0 Å². The Labute approximate surface area is 185 Å². The van der Waals surface area contributed by atoms with Gasteiger partial charge in [-0.2, -0.15) is 0 Å². The number of carbonyl (C=O) groups is 1. The first kappa shape index (κ1) is 21.1. The number of aromatic nitrogens is 3. The van der Waals surface area contributed by atoms with E-state index in [2.05, 4.69) is 20.3 Å². The standard InChI is InChI=1S/C22H24ClN5O3/c1-3-14-30-19-9-8-18(24-25-19)27-10-12-28(13-11-27)22(29)20-15(2)31-26-21(20)16-6-4-5-7-17(16)23/h4-9H,3,10-14H2,1-2H3. The van der Waals surface area contributed by atoms with Gasteiger partial charge in [-0.15, -0.1) is 10.2 Å². The SMILES string of the molecule is CCCOc1ccc(N2CCN(C(=O)c3c(-c4ccccc4Cl)noc3C)CC2)nn1. The van der Waals surface area contributed by atoms with Gasteiger partial charge in [0.25, 0.3) is 5.91 Å². The molecule has 1 aromatic carbocycles. The molecule has 4 rings (SSSR count). The highest BCUT2D eigenvalue weighted by Gasteiger charge is 2.29. The highest BCUT2D eigenvalue weighted by Crippen LogP contribution is 2.32. The first-order valence-electron chi connectivity index (χ1n) is 10.3. The van der Waals surface area contributed by atoms with Crippen LogP contribution in [0.1, 0.15) is 29.5 Å². The summed E-state index contributed by atoms with van der Waals surface area (Å²) < 4.78 is 10.8. The Morgan fingerprint density at radius 1 is 1.13 bits per heavy atom. The van der Waals surface area contributed by atoms with Gasteiger partial charge in [0.05, 0.1) is 11.6 Å². The number of aryl methyl sites for hydroxylation is 1. The lowest BCUT2D eigenvalue weighted by molar-refractivity contribution is 0.0745. The minimum atomic E-state index is -0.109. The molecule has 0 atom stereocenters. The van der Waals surface area contributed by atoms with E-state index in [0.29, 0.717) is 66.3 Å². The summed E-state index contributed by atoms with van der Waals surface area (Å²) in [6.07, 6.45) is 0.920. The van der Waals surface area contributed by atoms with Crippen molar-refractivity contribution in [3.05, 3.63) is 52.7 Å². The first-order chi connectivity index (χ1) is 15.1. The molecular formula is C22H24ClN5O3. The second-order valence-corrected chi connectivity index (χ2v) is 7.71. The van der Waals surface area contributed by atoms with Crippen LogP contribution in [0.25, 0.3) is 11.3 Å². The highest BCUT2D eigenvalue weighted by molar-refractivity contribution is 6.33. The molecule has 1 fully saturated rings. The van der Waals surface area contributed by atoms with E-state index in [-0.39, 0.29) is 5.91 Å². The molecule has 0 saturated carbocycles. The average molecular weight is 442 g/mol. The maximum atomic E-state index is 13.3. The molecule has 0 bridgehead atoms. The predicted molar refractivity (Wildman–Crippen MR) is 118 cm³/mol. The second-order valence-electron chi connectivity index (χ2n) is 7.30. The summed E-state index contributed by atoms with van der Waals surface area (Å²) in [4.78, 5) is 17.2. The van der Waals surface area contributed by atoms with Crippen molar-refractivity contribution in [2.75, 3.05) is 37.7 Å². The third-order valence-corrected chi connectivity index (χ3v) is 5.51. The fourth-order valence-electron chi connectivity index (χ4n) is 3.52. The van der Waals surface area contributed by atoms with Gasteiger partial charge >= 0.3 is 0 Å². The van der Waals surface area contributed by atoms with E-state index in [1.807, 2.05) is 42.2 Å². The molecular weight excluding hydrogens is 418 g/mol. The molecule has 1 aliphatic rings. The van der Waals surface area contributed by atoms with Crippen LogP contribution in [0, 0.1) is 6.92 Å². The summed E-state index contributed by atoms with van der Waals surface area (Å²) in [5.41, 5.74) is 1.62. The molecule has 0 spiro atoms. The zero-order valence-electron chi connectivity index (χ0n) is 17.5. The van der Waals surface area contributed by atoms with E-state index in [4.69, 9.17) is 20.9 Å². The fourth-order valence-corrected chi connectivity index (χ4v) is 3.75. The van der Waals surface area contributed by atoms with Crippen LogP contribution in [0.4, 0.5) is 5.82 Å². The van der Waals surface area contributed by atoms with Crippen molar-refractivity contribution in [1.82, 2.24) is 20.3 Å². The van der Waals surface area contributed by atoms with Crippen LogP contribution in [0.15, 0.2) is 40.9 Å². The van der Waals surface area contributed by atoms with E-state index in [0.717, 1.165) is 12.2 Å². The number of carbonyl (C=O) groups excluding carboxylic acids is 1. The summed E-state index contributed by atoms with van der Waals surface area (Å²) >= 11 is 6.32. The third kappa shape index (κ3) is 4.49. The van der Waals surface area contributed by atoms with Crippen molar-refractivity contribution in [3.63, 3.8) is 0 Å². The summed E-state index contributed by atoms with van der Waals surface area (Å²) in [5, 5.41) is 13.0. The number of nitrogens with zero attached hydrogens (tertiary/aromatic N) is 5. The molecule has 1 aliphatic heterocycles. The largest absolute Gasteiger partial charge is 0.477 e. The number of piperazine rings is 1. The molecule has 8 nitrogen and oxygen atoms in total. The van der Waals surface area contributed by atoms with Crippen LogP contribution < -0.4 is 9.64 Å². The number of amides is 1. The Morgan fingerprint density at radius 3 is 2.58 bits per heavy atom. The van der Waals surface area contributed by atoms with Crippen molar-refractivity contribution in [3.8, 4) is 17.1 Å². The highest BCUT2D eigenvalue weighted by atomic mass is 35.5. The number of rotatable bonds is 6. The fraction of sp³-hybridized carbons (Fsp3) is 0.364. The van der Waals surface area contributed by atoms with Gasteiger partial charge in [-0.3, -0.25) is 4.79 Å². The van der Waals surface area contributed by atoms with E-state index in [9.17, 15) is 4.79 Å². The Hall–Kier alpha value is -3.13. The van der Waals surface area contributed by atoms with Crippen molar-refractivity contribution < 1.29 is 14.1 Å². The quantitative estimate of drug-likeness (QED) is 0.574. The van der Waals surface area contributed by atoms with E-state index >= 15 is 0 Å². The van der Waals surface area contributed by atoms with Crippen molar-refractivity contribution in [1.29, 1.82) is 0 Å². The van der Waals surface area contributed by atoms with E-state index in [1.165, 1.54) is 0 Å². The molecule has 0 unspecified atom stereocenters.